The number of rotatable bonds is 2. The number of amides is 1. The number of pyridine rings is 1. The van der Waals surface area contributed by atoms with Crippen LogP contribution in [0.2, 0.25) is 0 Å². The van der Waals surface area contributed by atoms with Gasteiger partial charge < -0.3 is 10.1 Å². The maximum Gasteiger partial charge on any atom is 0.408 e. The zero-order valence-electron chi connectivity index (χ0n) is 14.4. The van der Waals surface area contributed by atoms with Crippen LogP contribution in [0, 0.1) is 29.5 Å². The van der Waals surface area contributed by atoms with Crippen molar-refractivity contribution >= 4 is 6.09 Å². The van der Waals surface area contributed by atoms with Crippen molar-refractivity contribution in [2.24, 2.45) is 11.8 Å². The summed E-state index contributed by atoms with van der Waals surface area (Å²) in [6.07, 6.45) is 4.66. The van der Waals surface area contributed by atoms with Crippen LogP contribution in [0.25, 0.3) is 0 Å². The Morgan fingerprint density at radius 3 is 2.85 bits per heavy atom. The molecule has 2 fully saturated rings. The number of alkyl carbamates (subject to hydrolysis) is 1. The Morgan fingerprint density at radius 2 is 2.12 bits per heavy atom. The molecular weight excluding hydrogens is 331 g/mol. The van der Waals surface area contributed by atoms with Crippen LogP contribution in [0.5, 0.6) is 0 Å². The number of ether oxygens (including phenoxy) is 1. The van der Waals surface area contributed by atoms with Crippen molar-refractivity contribution in [1.29, 1.82) is 0 Å². The molecule has 1 amide bonds. The fraction of sp³-hybridized carbons (Fsp3) is 0.333. The molecule has 4 nitrogen and oxygen atoms in total. The molecule has 1 saturated carbocycles. The standard InChI is InChI=1S/C21H19FN2O2/c1-13-5-7-15(13)8-6-14-9-17(12-23-11-14)19-20(26-21(25)24-19)16-3-2-4-18(22)10-16/h2-4,9-13,15,19-20H,5,7H2,1H3,(H,24,25)/t13?,15-,19-,20-/m1/s1. The van der Waals surface area contributed by atoms with Gasteiger partial charge in [0.15, 0.2) is 6.10 Å². The maximum atomic E-state index is 13.6. The molecule has 2 heterocycles. The number of cyclic esters (lactones) is 1. The molecule has 2 aliphatic rings. The molecule has 132 valence electrons. The lowest BCUT2D eigenvalue weighted by Crippen LogP contribution is -2.21. The molecule has 26 heavy (non-hydrogen) atoms. The number of carbonyl (C=O) groups excluding carboxylic acids is 1. The van der Waals surface area contributed by atoms with Gasteiger partial charge in [0, 0.05) is 23.9 Å². The largest absolute Gasteiger partial charge is 0.439 e. The highest BCUT2D eigenvalue weighted by Crippen LogP contribution is 2.37. The van der Waals surface area contributed by atoms with E-state index >= 15 is 0 Å². The first-order valence-corrected chi connectivity index (χ1v) is 8.79. The van der Waals surface area contributed by atoms with Gasteiger partial charge >= 0.3 is 6.09 Å². The first-order chi connectivity index (χ1) is 12.6. The Labute approximate surface area is 151 Å². The number of benzene rings is 1. The van der Waals surface area contributed by atoms with E-state index in [0.29, 0.717) is 17.4 Å². The molecule has 0 bridgehead atoms. The van der Waals surface area contributed by atoms with Crippen molar-refractivity contribution in [3.8, 4) is 11.8 Å². The highest BCUT2D eigenvalue weighted by molar-refractivity contribution is 5.71. The van der Waals surface area contributed by atoms with E-state index in [2.05, 4.69) is 29.1 Å². The van der Waals surface area contributed by atoms with Gasteiger partial charge in [0.25, 0.3) is 0 Å². The van der Waals surface area contributed by atoms with Crippen LogP contribution in [0.15, 0.2) is 42.7 Å². The molecule has 5 heteroatoms. The minimum absolute atomic E-state index is 0.364. The molecule has 1 N–H and O–H groups in total. The molecular formula is C21H19FN2O2. The second kappa shape index (κ2) is 6.80. The Hall–Kier alpha value is -2.87. The van der Waals surface area contributed by atoms with E-state index in [-0.39, 0.29) is 5.82 Å². The van der Waals surface area contributed by atoms with Crippen LogP contribution in [0.3, 0.4) is 0 Å². The summed E-state index contributed by atoms with van der Waals surface area (Å²) in [4.78, 5) is 16.1. The minimum Gasteiger partial charge on any atom is -0.439 e. The lowest BCUT2D eigenvalue weighted by Gasteiger charge is -2.28. The van der Waals surface area contributed by atoms with Crippen molar-refractivity contribution < 1.29 is 13.9 Å². The molecule has 1 unspecified atom stereocenters. The molecule has 1 aliphatic carbocycles. The van der Waals surface area contributed by atoms with E-state index in [1.54, 1.807) is 24.5 Å². The summed E-state index contributed by atoms with van der Waals surface area (Å²) in [7, 11) is 0. The van der Waals surface area contributed by atoms with E-state index in [1.807, 2.05) is 6.07 Å². The van der Waals surface area contributed by atoms with Crippen LogP contribution >= 0.6 is 0 Å². The molecule has 0 radical (unpaired) electrons. The average molecular weight is 350 g/mol. The first-order valence-electron chi connectivity index (χ1n) is 8.79. The van der Waals surface area contributed by atoms with Crippen molar-refractivity contribution in [2.45, 2.75) is 31.9 Å². The van der Waals surface area contributed by atoms with Crippen LogP contribution in [-0.4, -0.2) is 11.1 Å². The molecule has 1 aromatic heterocycles. The van der Waals surface area contributed by atoms with Crippen LogP contribution in [-0.2, 0) is 4.74 Å². The molecule has 4 atom stereocenters. The fourth-order valence-electron chi connectivity index (χ4n) is 3.38. The fourth-order valence-corrected chi connectivity index (χ4v) is 3.38. The smallest absolute Gasteiger partial charge is 0.408 e. The summed E-state index contributed by atoms with van der Waals surface area (Å²) in [5.74, 6) is 7.23. The van der Waals surface area contributed by atoms with Gasteiger partial charge in [0.2, 0.25) is 0 Å². The maximum absolute atomic E-state index is 13.6. The zero-order valence-corrected chi connectivity index (χ0v) is 14.4. The Kier molecular flexibility index (Phi) is 4.34. The number of aromatic nitrogens is 1. The number of hydrogen-bond acceptors (Lipinski definition) is 3. The molecule has 0 spiro atoms. The number of halogens is 1. The van der Waals surface area contributed by atoms with E-state index in [0.717, 1.165) is 17.5 Å². The summed E-state index contributed by atoms with van der Waals surface area (Å²) in [5.41, 5.74) is 2.20. The van der Waals surface area contributed by atoms with Gasteiger partial charge in [-0.25, -0.2) is 9.18 Å². The van der Waals surface area contributed by atoms with Crippen LogP contribution in [0.1, 0.15) is 48.6 Å². The third-order valence-electron chi connectivity index (χ3n) is 5.13. The first kappa shape index (κ1) is 16.6. The Morgan fingerprint density at radius 1 is 1.23 bits per heavy atom. The summed E-state index contributed by atoms with van der Waals surface area (Å²) in [6, 6.07) is 7.58. The molecule has 1 aromatic carbocycles. The monoisotopic (exact) mass is 350 g/mol. The van der Waals surface area contributed by atoms with Crippen LogP contribution < -0.4 is 5.32 Å². The normalized spacial score (nSPS) is 26.9. The Bertz CT molecular complexity index is 902. The third kappa shape index (κ3) is 3.28. The van der Waals surface area contributed by atoms with Crippen molar-refractivity contribution in [1.82, 2.24) is 10.3 Å². The number of nitrogens with zero attached hydrogens (tertiary/aromatic N) is 1. The molecule has 1 aliphatic heterocycles. The van der Waals surface area contributed by atoms with E-state index in [1.165, 1.54) is 18.6 Å². The summed E-state index contributed by atoms with van der Waals surface area (Å²) in [6.45, 7) is 2.21. The predicted molar refractivity (Wildman–Crippen MR) is 94.5 cm³/mol. The number of carbonyl (C=O) groups is 1. The molecule has 2 aromatic rings. The number of hydrogen-bond donors (Lipinski definition) is 1. The summed E-state index contributed by atoms with van der Waals surface area (Å²) >= 11 is 0. The van der Waals surface area contributed by atoms with Gasteiger partial charge in [0.1, 0.15) is 11.9 Å². The Balaban J connectivity index is 1.61. The quantitative estimate of drug-likeness (QED) is 0.828. The lowest BCUT2D eigenvalue weighted by molar-refractivity contribution is 0.132. The minimum atomic E-state index is -0.602. The lowest BCUT2D eigenvalue weighted by atomic mass is 9.75. The summed E-state index contributed by atoms with van der Waals surface area (Å²) < 4.78 is 18.9. The van der Waals surface area contributed by atoms with Gasteiger partial charge in [0.05, 0.1) is 0 Å². The highest BCUT2D eigenvalue weighted by Gasteiger charge is 2.36. The van der Waals surface area contributed by atoms with Gasteiger partial charge in [-0.2, -0.15) is 0 Å². The highest BCUT2D eigenvalue weighted by atomic mass is 19.1. The topological polar surface area (TPSA) is 51.2 Å². The second-order valence-electron chi connectivity index (χ2n) is 6.94. The molecule has 4 rings (SSSR count). The second-order valence-corrected chi connectivity index (χ2v) is 6.94. The number of nitrogens with one attached hydrogen (secondary N) is 1. The van der Waals surface area contributed by atoms with Crippen molar-refractivity contribution in [2.75, 3.05) is 0 Å². The van der Waals surface area contributed by atoms with Gasteiger partial charge in [-0.3, -0.25) is 4.98 Å². The summed E-state index contributed by atoms with van der Waals surface area (Å²) in [5, 5.41) is 2.79. The predicted octanol–water partition coefficient (Wildman–Crippen LogP) is 4.14. The van der Waals surface area contributed by atoms with Crippen LogP contribution in [0.4, 0.5) is 9.18 Å². The molecule has 1 saturated heterocycles. The van der Waals surface area contributed by atoms with Gasteiger partial charge in [-0.15, -0.1) is 0 Å². The third-order valence-corrected chi connectivity index (χ3v) is 5.13. The van der Waals surface area contributed by atoms with E-state index < -0.39 is 18.2 Å². The van der Waals surface area contributed by atoms with E-state index in [9.17, 15) is 9.18 Å². The van der Waals surface area contributed by atoms with Crippen molar-refractivity contribution in [3.05, 3.63) is 65.2 Å². The average Bonchev–Trinajstić information content (AvgIpc) is 3.03. The van der Waals surface area contributed by atoms with Gasteiger partial charge in [-0.1, -0.05) is 30.9 Å². The zero-order chi connectivity index (χ0) is 18.1. The van der Waals surface area contributed by atoms with E-state index in [4.69, 9.17) is 4.74 Å². The van der Waals surface area contributed by atoms with Crippen molar-refractivity contribution in [3.63, 3.8) is 0 Å². The SMILES string of the molecule is CC1CC[C@@H]1C#Cc1cncc([C@H]2NC(=O)O[C@@H]2c2cccc(F)c2)c1. The van der Waals surface area contributed by atoms with Gasteiger partial charge in [-0.05, 0) is 48.1 Å².